The number of nitrogens with zero attached hydrogens (tertiary/aromatic N) is 4. The molecule has 47 heavy (non-hydrogen) atoms. The molecule has 3 aliphatic rings. The average molecular weight is 656 g/mol. The number of nitrogens with one attached hydrogen (secondary N) is 1. The van der Waals surface area contributed by atoms with Crippen LogP contribution in [0.3, 0.4) is 0 Å². The molecular weight excluding hydrogens is 614 g/mol. The van der Waals surface area contributed by atoms with E-state index in [2.05, 4.69) is 44.5 Å². The van der Waals surface area contributed by atoms with E-state index in [-0.39, 0.29) is 5.56 Å². The van der Waals surface area contributed by atoms with E-state index in [1.165, 1.54) is 38.9 Å². The summed E-state index contributed by atoms with van der Waals surface area (Å²) in [6, 6.07) is 18.0. The largest absolute Gasteiger partial charge is 0.497 e. The molecule has 1 saturated heterocycles. The number of aromatic nitrogens is 2. The van der Waals surface area contributed by atoms with Crippen LogP contribution in [0.15, 0.2) is 54.6 Å². The first-order valence-electron chi connectivity index (χ1n) is 16.3. The number of anilines is 1. The first-order valence-corrected chi connectivity index (χ1v) is 17.8. The fourth-order valence-corrected chi connectivity index (χ4v) is 7.71. The van der Waals surface area contributed by atoms with Crippen LogP contribution in [0.4, 0.5) is 5.82 Å². The number of hydrogen-bond acceptors (Lipinski definition) is 7. The summed E-state index contributed by atoms with van der Waals surface area (Å²) in [5, 5.41) is 1.09. The highest BCUT2D eigenvalue weighted by molar-refractivity contribution is 7.87. The first-order chi connectivity index (χ1) is 22.7. The molecule has 246 valence electrons. The van der Waals surface area contributed by atoms with E-state index in [0.717, 1.165) is 80.8 Å². The SMILES string of the molecule is COc1ccc2c(c1)C=C(c1cccc(N3CCOCC3)n1)Cn1c-2c(C2CCCCC2)c2ccc(C(=O)NS(=O)(=O)N(C)C)cc21. The van der Waals surface area contributed by atoms with Gasteiger partial charge in [-0.05, 0) is 84.0 Å². The van der Waals surface area contributed by atoms with Crippen LogP contribution in [-0.2, 0) is 21.5 Å². The highest BCUT2D eigenvalue weighted by Crippen LogP contribution is 2.47. The number of hydrogen-bond donors (Lipinski definition) is 1. The van der Waals surface area contributed by atoms with Crippen molar-refractivity contribution in [1.29, 1.82) is 0 Å². The maximum Gasteiger partial charge on any atom is 0.303 e. The number of methoxy groups -OCH3 is 1. The Hall–Kier alpha value is -4.19. The van der Waals surface area contributed by atoms with Crippen molar-refractivity contribution in [3.05, 3.63) is 77.0 Å². The predicted octanol–water partition coefficient (Wildman–Crippen LogP) is 5.69. The number of amides is 1. The number of allylic oxidation sites excluding steroid dienone is 1. The quantitative estimate of drug-likeness (QED) is 0.273. The van der Waals surface area contributed by atoms with Crippen molar-refractivity contribution >= 4 is 44.5 Å². The van der Waals surface area contributed by atoms with Gasteiger partial charge in [0.05, 0.1) is 38.3 Å². The molecule has 1 N–H and O–H groups in total. The summed E-state index contributed by atoms with van der Waals surface area (Å²) in [6.45, 7) is 3.46. The number of rotatable bonds is 7. The van der Waals surface area contributed by atoms with Crippen molar-refractivity contribution in [2.24, 2.45) is 0 Å². The standard InChI is InChI=1S/C36H41N5O5S/c1-39(2)47(43,44)38-36(42)25-12-14-30-32(22-25)41-23-27(31-10-7-11-33(37-31)40-16-18-46-19-17-40)20-26-21-28(45-3)13-15-29(26)35(41)34(30)24-8-5-4-6-9-24/h7,10-15,20-22,24H,4-6,8-9,16-19,23H2,1-3H3,(H,38,42). The van der Waals surface area contributed by atoms with Crippen LogP contribution in [0.1, 0.15) is 65.2 Å². The van der Waals surface area contributed by atoms with Gasteiger partial charge in [-0.1, -0.05) is 31.4 Å². The molecule has 0 spiro atoms. The summed E-state index contributed by atoms with van der Waals surface area (Å²) in [4.78, 5) is 20.7. The highest BCUT2D eigenvalue weighted by atomic mass is 32.2. The molecule has 11 heteroatoms. The Balaban J connectivity index is 1.43. The molecule has 2 fully saturated rings. The lowest BCUT2D eigenvalue weighted by molar-refractivity contribution is 0.0979. The average Bonchev–Trinajstić information content (AvgIpc) is 3.31. The lowest BCUT2D eigenvalue weighted by Crippen LogP contribution is -2.39. The monoisotopic (exact) mass is 655 g/mol. The van der Waals surface area contributed by atoms with Gasteiger partial charge >= 0.3 is 10.2 Å². The Labute approximate surface area is 276 Å². The Bertz CT molecular complexity index is 1970. The molecule has 4 heterocycles. The fourth-order valence-electron chi connectivity index (χ4n) is 7.18. The molecule has 10 nitrogen and oxygen atoms in total. The predicted molar refractivity (Wildman–Crippen MR) is 185 cm³/mol. The van der Waals surface area contributed by atoms with Gasteiger partial charge in [0.1, 0.15) is 11.6 Å². The molecular formula is C36H41N5O5S. The zero-order valence-electron chi connectivity index (χ0n) is 27.2. The lowest BCUT2D eigenvalue weighted by Gasteiger charge is -2.28. The van der Waals surface area contributed by atoms with E-state index in [1.807, 2.05) is 24.3 Å². The van der Waals surface area contributed by atoms with Gasteiger partial charge in [0.15, 0.2) is 0 Å². The molecule has 1 aliphatic carbocycles. The van der Waals surface area contributed by atoms with Gasteiger partial charge in [-0.3, -0.25) is 4.79 Å². The Morgan fingerprint density at radius 1 is 1.02 bits per heavy atom. The first kappa shape index (κ1) is 31.4. The highest BCUT2D eigenvalue weighted by Gasteiger charge is 2.30. The van der Waals surface area contributed by atoms with Gasteiger partial charge in [0.2, 0.25) is 0 Å². The molecule has 0 unspecified atom stereocenters. The second-order valence-corrected chi connectivity index (χ2v) is 14.6. The van der Waals surface area contributed by atoms with Crippen LogP contribution in [0.25, 0.3) is 33.8 Å². The number of fused-ring (bicyclic) bond motifs is 5. The van der Waals surface area contributed by atoms with Crippen molar-refractivity contribution in [3.63, 3.8) is 0 Å². The lowest BCUT2D eigenvalue weighted by atomic mass is 9.81. The van der Waals surface area contributed by atoms with E-state index in [0.29, 0.717) is 25.7 Å². The van der Waals surface area contributed by atoms with Crippen LogP contribution in [-0.4, -0.2) is 75.7 Å². The van der Waals surface area contributed by atoms with Crippen molar-refractivity contribution in [3.8, 4) is 17.0 Å². The summed E-state index contributed by atoms with van der Waals surface area (Å²) >= 11 is 0. The van der Waals surface area contributed by atoms with Crippen molar-refractivity contribution < 1.29 is 22.7 Å². The van der Waals surface area contributed by atoms with Crippen LogP contribution >= 0.6 is 0 Å². The number of carbonyl (C=O) groups excluding carboxylic acids is 1. The maximum atomic E-state index is 13.3. The van der Waals surface area contributed by atoms with Gasteiger partial charge in [-0.15, -0.1) is 0 Å². The molecule has 0 radical (unpaired) electrons. The summed E-state index contributed by atoms with van der Waals surface area (Å²) in [5.41, 5.74) is 7.68. The van der Waals surface area contributed by atoms with Crippen LogP contribution in [0.5, 0.6) is 5.75 Å². The number of benzene rings is 2. The third-order valence-corrected chi connectivity index (χ3v) is 11.1. The topological polar surface area (TPSA) is 106 Å². The smallest absolute Gasteiger partial charge is 0.303 e. The minimum atomic E-state index is -3.95. The van der Waals surface area contributed by atoms with Gasteiger partial charge in [0, 0.05) is 49.2 Å². The van der Waals surface area contributed by atoms with E-state index in [4.69, 9.17) is 14.5 Å². The minimum Gasteiger partial charge on any atom is -0.497 e. The van der Waals surface area contributed by atoms with Gasteiger partial charge in [-0.2, -0.15) is 12.7 Å². The molecule has 0 bridgehead atoms. The summed E-state index contributed by atoms with van der Waals surface area (Å²) in [5.74, 6) is 1.41. The normalized spacial score (nSPS) is 17.2. The summed E-state index contributed by atoms with van der Waals surface area (Å²) in [6.07, 6.45) is 8.01. The zero-order valence-corrected chi connectivity index (χ0v) is 28.0. The number of morpholine rings is 1. The molecule has 2 aliphatic heterocycles. The van der Waals surface area contributed by atoms with E-state index in [9.17, 15) is 13.2 Å². The summed E-state index contributed by atoms with van der Waals surface area (Å²) in [7, 11) is 0.518. The van der Waals surface area contributed by atoms with Gasteiger partial charge < -0.3 is 18.9 Å². The van der Waals surface area contributed by atoms with Gasteiger partial charge in [-0.25, -0.2) is 9.71 Å². The summed E-state index contributed by atoms with van der Waals surface area (Å²) < 4.78 is 41.9. The van der Waals surface area contributed by atoms with Crippen molar-refractivity contribution in [2.75, 3.05) is 52.4 Å². The van der Waals surface area contributed by atoms with Crippen molar-refractivity contribution in [2.45, 2.75) is 44.6 Å². The number of pyridine rings is 1. The minimum absolute atomic E-state index is 0.288. The Morgan fingerprint density at radius 3 is 2.55 bits per heavy atom. The molecule has 7 rings (SSSR count). The van der Waals surface area contributed by atoms with Crippen LogP contribution in [0.2, 0.25) is 0 Å². The maximum absolute atomic E-state index is 13.3. The molecule has 4 aromatic rings. The second kappa shape index (κ2) is 12.8. The zero-order chi connectivity index (χ0) is 32.7. The molecule has 2 aromatic carbocycles. The molecule has 2 aromatic heterocycles. The van der Waals surface area contributed by atoms with E-state index in [1.54, 1.807) is 13.2 Å². The molecule has 1 saturated carbocycles. The van der Waals surface area contributed by atoms with Crippen molar-refractivity contribution in [1.82, 2.24) is 18.6 Å². The van der Waals surface area contributed by atoms with E-state index >= 15 is 0 Å². The van der Waals surface area contributed by atoms with Crippen LogP contribution in [0, 0.1) is 0 Å². The van der Waals surface area contributed by atoms with Crippen LogP contribution < -0.4 is 14.4 Å². The fraction of sp³-hybridized carbons (Fsp3) is 0.389. The second-order valence-electron chi connectivity index (χ2n) is 12.7. The Morgan fingerprint density at radius 2 is 1.81 bits per heavy atom. The third-order valence-electron chi connectivity index (χ3n) is 9.65. The molecule has 1 amide bonds. The van der Waals surface area contributed by atoms with E-state index < -0.39 is 16.1 Å². The van der Waals surface area contributed by atoms with Gasteiger partial charge in [0.25, 0.3) is 5.91 Å². The number of carbonyl (C=O) groups is 1. The third kappa shape index (κ3) is 6.03. The molecule has 0 atom stereocenters. The number of ether oxygens (including phenoxy) is 2. The Kier molecular flexibility index (Phi) is 8.54.